The van der Waals surface area contributed by atoms with Gasteiger partial charge in [0.15, 0.2) is 0 Å². The first-order chi connectivity index (χ1) is 12.9. The lowest BCUT2D eigenvalue weighted by molar-refractivity contribution is 0.0694. The van der Waals surface area contributed by atoms with Crippen LogP contribution in [0.2, 0.25) is 0 Å². The van der Waals surface area contributed by atoms with E-state index >= 15 is 0 Å². The minimum absolute atomic E-state index is 0.208. The largest absolute Gasteiger partial charge is 0.478 e. The molecule has 4 aromatic heterocycles. The number of aromatic nitrogens is 4. The van der Waals surface area contributed by atoms with Crippen LogP contribution in [-0.2, 0) is 13.5 Å². The van der Waals surface area contributed by atoms with Crippen LogP contribution in [0.3, 0.4) is 0 Å². The highest BCUT2D eigenvalue weighted by Gasteiger charge is 2.19. The van der Waals surface area contributed by atoms with Crippen LogP contribution in [0.5, 0.6) is 0 Å². The van der Waals surface area contributed by atoms with Gasteiger partial charge in [-0.15, -0.1) is 0 Å². The molecule has 7 nitrogen and oxygen atoms in total. The normalized spacial score (nSPS) is 11.4. The van der Waals surface area contributed by atoms with Crippen LogP contribution in [0.15, 0.2) is 35.0 Å². The van der Waals surface area contributed by atoms with Crippen molar-refractivity contribution in [3.63, 3.8) is 0 Å². The van der Waals surface area contributed by atoms with Gasteiger partial charge in [0.2, 0.25) is 0 Å². The molecule has 0 aromatic carbocycles. The molecule has 0 aliphatic heterocycles. The Morgan fingerprint density at radius 2 is 2.07 bits per heavy atom. The summed E-state index contributed by atoms with van der Waals surface area (Å²) >= 11 is 0. The number of aromatic carboxylic acids is 1. The second-order valence-corrected chi connectivity index (χ2v) is 6.58. The van der Waals surface area contributed by atoms with Crippen molar-refractivity contribution in [1.29, 1.82) is 0 Å². The van der Waals surface area contributed by atoms with Crippen LogP contribution in [0.1, 0.15) is 34.4 Å². The number of nitrogens with zero attached hydrogens (tertiary/aromatic N) is 4. The first-order valence-electron chi connectivity index (χ1n) is 8.75. The van der Waals surface area contributed by atoms with E-state index in [0.717, 1.165) is 33.6 Å². The summed E-state index contributed by atoms with van der Waals surface area (Å²) in [5.41, 5.74) is 5.98. The predicted molar refractivity (Wildman–Crippen MR) is 101 cm³/mol. The van der Waals surface area contributed by atoms with Gasteiger partial charge < -0.3 is 9.52 Å². The molecular weight excluding hydrogens is 344 g/mol. The summed E-state index contributed by atoms with van der Waals surface area (Å²) in [6, 6.07) is 5.43. The highest BCUT2D eigenvalue weighted by molar-refractivity contribution is 5.91. The summed E-state index contributed by atoms with van der Waals surface area (Å²) < 4.78 is 9.46. The van der Waals surface area contributed by atoms with Crippen molar-refractivity contribution in [3.8, 4) is 22.5 Å². The maximum atomic E-state index is 11.4. The molecular formula is C20H20N4O3. The number of hydrogen-bond donors (Lipinski definition) is 1. The third-order valence-electron chi connectivity index (χ3n) is 4.94. The van der Waals surface area contributed by atoms with Gasteiger partial charge in [-0.3, -0.25) is 4.68 Å². The van der Waals surface area contributed by atoms with E-state index in [1.165, 1.54) is 0 Å². The van der Waals surface area contributed by atoms with Crippen molar-refractivity contribution >= 4 is 11.5 Å². The third kappa shape index (κ3) is 2.63. The van der Waals surface area contributed by atoms with Gasteiger partial charge in [-0.25, -0.2) is 9.31 Å². The van der Waals surface area contributed by atoms with Crippen molar-refractivity contribution in [2.45, 2.75) is 27.2 Å². The minimum atomic E-state index is -0.977. The SMILES string of the molecule is CCc1oc(-c2ccn3ncc(-c4c(C)nn(C)c4C)c3c2)cc1C(=O)O. The van der Waals surface area contributed by atoms with Gasteiger partial charge in [-0.2, -0.15) is 10.2 Å². The molecule has 0 unspecified atom stereocenters. The average molecular weight is 364 g/mol. The number of carboxylic acids is 1. The lowest BCUT2D eigenvalue weighted by Crippen LogP contribution is -1.97. The Balaban J connectivity index is 1.89. The van der Waals surface area contributed by atoms with E-state index in [-0.39, 0.29) is 5.56 Å². The molecule has 4 heterocycles. The first-order valence-corrected chi connectivity index (χ1v) is 8.75. The summed E-state index contributed by atoms with van der Waals surface area (Å²) in [5, 5.41) is 18.3. The summed E-state index contributed by atoms with van der Waals surface area (Å²) in [7, 11) is 1.92. The molecule has 7 heteroatoms. The molecule has 0 fully saturated rings. The molecule has 0 aliphatic rings. The predicted octanol–water partition coefficient (Wildman–Crippen LogP) is 3.87. The van der Waals surface area contributed by atoms with Crippen LogP contribution in [0, 0.1) is 13.8 Å². The summed E-state index contributed by atoms with van der Waals surface area (Å²) in [6.07, 6.45) is 4.21. The van der Waals surface area contributed by atoms with Gasteiger partial charge in [0, 0.05) is 42.0 Å². The molecule has 0 amide bonds. The van der Waals surface area contributed by atoms with Gasteiger partial charge in [-0.05, 0) is 32.0 Å². The first kappa shape index (κ1) is 17.1. The van der Waals surface area contributed by atoms with Crippen molar-refractivity contribution in [1.82, 2.24) is 19.4 Å². The monoisotopic (exact) mass is 364 g/mol. The fraction of sp³-hybridized carbons (Fsp3) is 0.250. The van der Waals surface area contributed by atoms with Crippen LogP contribution < -0.4 is 0 Å². The lowest BCUT2D eigenvalue weighted by atomic mass is 10.0. The second-order valence-electron chi connectivity index (χ2n) is 6.58. The molecule has 138 valence electrons. The molecule has 27 heavy (non-hydrogen) atoms. The van der Waals surface area contributed by atoms with Gasteiger partial charge in [0.05, 0.1) is 17.4 Å². The number of fused-ring (bicyclic) bond motifs is 1. The van der Waals surface area contributed by atoms with Crippen molar-refractivity contribution < 1.29 is 14.3 Å². The van der Waals surface area contributed by atoms with Gasteiger partial charge in [0.25, 0.3) is 0 Å². The van der Waals surface area contributed by atoms with Gasteiger partial charge in [0.1, 0.15) is 17.1 Å². The lowest BCUT2D eigenvalue weighted by Gasteiger charge is -2.03. The van der Waals surface area contributed by atoms with E-state index in [0.29, 0.717) is 17.9 Å². The molecule has 4 aromatic rings. The zero-order valence-electron chi connectivity index (χ0n) is 15.6. The van der Waals surface area contributed by atoms with E-state index in [1.54, 1.807) is 10.6 Å². The third-order valence-corrected chi connectivity index (χ3v) is 4.94. The van der Waals surface area contributed by atoms with Gasteiger partial charge in [-0.1, -0.05) is 6.92 Å². The molecule has 0 saturated heterocycles. The molecule has 0 spiro atoms. The molecule has 0 radical (unpaired) electrons. The number of pyridine rings is 1. The summed E-state index contributed by atoms with van der Waals surface area (Å²) in [4.78, 5) is 11.4. The number of carbonyl (C=O) groups is 1. The van der Waals surface area contributed by atoms with Crippen molar-refractivity contribution in [2.24, 2.45) is 7.05 Å². The minimum Gasteiger partial charge on any atom is -0.478 e. The fourth-order valence-electron chi connectivity index (χ4n) is 3.50. The fourth-order valence-corrected chi connectivity index (χ4v) is 3.50. The molecule has 0 atom stereocenters. The van der Waals surface area contributed by atoms with E-state index in [1.807, 2.05) is 57.0 Å². The second kappa shape index (κ2) is 6.12. The number of rotatable bonds is 4. The zero-order valence-corrected chi connectivity index (χ0v) is 15.6. The number of hydrogen-bond acceptors (Lipinski definition) is 4. The molecule has 1 N–H and O–H groups in total. The zero-order chi connectivity index (χ0) is 19.3. The Bertz CT molecular complexity index is 1180. The van der Waals surface area contributed by atoms with E-state index in [9.17, 15) is 9.90 Å². The van der Waals surface area contributed by atoms with Crippen LogP contribution in [0.25, 0.3) is 28.0 Å². The van der Waals surface area contributed by atoms with Crippen LogP contribution in [-0.4, -0.2) is 30.5 Å². The standard InChI is InChI=1S/C20H20N4O3/c1-5-17-14(20(25)26)9-18(27-17)13-6-7-24-16(8-13)15(10-21-24)19-11(2)22-23(4)12(19)3/h6-10H,5H2,1-4H3,(H,25,26). The summed E-state index contributed by atoms with van der Waals surface area (Å²) in [6.45, 7) is 5.89. The molecule has 0 bridgehead atoms. The quantitative estimate of drug-likeness (QED) is 0.594. The highest BCUT2D eigenvalue weighted by Crippen LogP contribution is 2.33. The van der Waals surface area contributed by atoms with E-state index in [4.69, 9.17) is 4.42 Å². The molecule has 0 aliphatic carbocycles. The Kier molecular flexibility index (Phi) is 3.87. The Morgan fingerprint density at radius 1 is 1.30 bits per heavy atom. The van der Waals surface area contributed by atoms with Crippen LogP contribution in [0.4, 0.5) is 0 Å². The molecule has 4 rings (SSSR count). The number of furan rings is 1. The van der Waals surface area contributed by atoms with Crippen molar-refractivity contribution in [3.05, 3.63) is 53.3 Å². The van der Waals surface area contributed by atoms with E-state index in [2.05, 4.69) is 10.2 Å². The number of aryl methyl sites for hydroxylation is 3. The summed E-state index contributed by atoms with van der Waals surface area (Å²) in [5.74, 6) is 0.0400. The van der Waals surface area contributed by atoms with E-state index < -0.39 is 5.97 Å². The van der Waals surface area contributed by atoms with Crippen molar-refractivity contribution in [2.75, 3.05) is 0 Å². The van der Waals surface area contributed by atoms with Crippen LogP contribution >= 0.6 is 0 Å². The maximum Gasteiger partial charge on any atom is 0.339 e. The number of carboxylic acid groups (broad SMARTS) is 1. The smallest absolute Gasteiger partial charge is 0.339 e. The molecule has 0 saturated carbocycles. The Hall–Kier alpha value is -3.35. The Morgan fingerprint density at radius 3 is 2.67 bits per heavy atom. The highest BCUT2D eigenvalue weighted by atomic mass is 16.4. The maximum absolute atomic E-state index is 11.4. The topological polar surface area (TPSA) is 85.6 Å². The average Bonchev–Trinajstić information content (AvgIpc) is 3.31. The van der Waals surface area contributed by atoms with Gasteiger partial charge >= 0.3 is 5.97 Å². The Labute approximate surface area is 155 Å².